The Morgan fingerprint density at radius 1 is 1.26 bits per heavy atom. The van der Waals surface area contributed by atoms with E-state index in [0.717, 1.165) is 19.6 Å². The second-order valence-electron chi connectivity index (χ2n) is 7.43. The molecule has 8 heteroatoms. The van der Waals surface area contributed by atoms with Gasteiger partial charge in [0, 0.05) is 29.8 Å². The van der Waals surface area contributed by atoms with Crippen molar-refractivity contribution in [3.05, 3.63) is 60.2 Å². The number of amides is 1. The Labute approximate surface area is 179 Å². The molecule has 3 aromatic rings. The number of carbonyl (C=O) groups excluding carboxylic acids is 1. The lowest BCUT2D eigenvalue weighted by Crippen LogP contribution is -2.37. The zero-order valence-corrected chi connectivity index (χ0v) is 17.5. The first-order valence-corrected chi connectivity index (χ1v) is 10.1. The number of hydrogen-bond donors (Lipinski definition) is 2. The van der Waals surface area contributed by atoms with Crippen molar-refractivity contribution < 1.29 is 13.9 Å². The van der Waals surface area contributed by atoms with Crippen LogP contribution in [0.4, 0.5) is 21.6 Å². The van der Waals surface area contributed by atoms with Gasteiger partial charge in [0.05, 0.1) is 18.3 Å². The maximum Gasteiger partial charge on any atom is 0.248 e. The molecule has 2 N–H and O–H groups in total. The van der Waals surface area contributed by atoms with Gasteiger partial charge in [0.25, 0.3) is 0 Å². The van der Waals surface area contributed by atoms with E-state index in [4.69, 9.17) is 4.74 Å². The highest BCUT2D eigenvalue weighted by molar-refractivity contribution is 6.03. The fourth-order valence-corrected chi connectivity index (χ4v) is 3.36. The lowest BCUT2D eigenvalue weighted by atomic mass is 10.1. The highest BCUT2D eigenvalue weighted by atomic mass is 19.1. The Morgan fingerprint density at radius 2 is 2.10 bits per heavy atom. The Kier molecular flexibility index (Phi) is 6.08. The molecule has 160 valence electrons. The first-order chi connectivity index (χ1) is 15.0. The van der Waals surface area contributed by atoms with Gasteiger partial charge >= 0.3 is 0 Å². The minimum atomic E-state index is -0.269. The summed E-state index contributed by atoms with van der Waals surface area (Å²) in [6.07, 6.45) is 6.04. The molecular weight excluding hydrogens is 397 g/mol. The van der Waals surface area contributed by atoms with Crippen molar-refractivity contribution in [3.63, 3.8) is 0 Å². The minimum absolute atomic E-state index is 0.237. The minimum Gasteiger partial charge on any atom is -0.494 e. The third kappa shape index (κ3) is 4.80. The van der Waals surface area contributed by atoms with Crippen LogP contribution in [0, 0.1) is 12.7 Å². The Bertz CT molecular complexity index is 1140. The number of fused-ring (bicyclic) bond motifs is 1. The molecule has 0 radical (unpaired) electrons. The number of nitrogens with zero attached hydrogens (tertiary/aromatic N) is 3. The number of likely N-dealkylation sites (tertiary alicyclic amines) is 1. The van der Waals surface area contributed by atoms with Gasteiger partial charge in [-0.3, -0.25) is 9.69 Å². The van der Waals surface area contributed by atoms with Gasteiger partial charge in [0.1, 0.15) is 23.7 Å². The second-order valence-corrected chi connectivity index (χ2v) is 7.43. The molecule has 0 spiro atoms. The van der Waals surface area contributed by atoms with Crippen LogP contribution in [0.5, 0.6) is 5.75 Å². The molecule has 0 saturated carbocycles. The van der Waals surface area contributed by atoms with Crippen LogP contribution in [-0.2, 0) is 4.79 Å². The van der Waals surface area contributed by atoms with E-state index in [9.17, 15) is 9.18 Å². The predicted molar refractivity (Wildman–Crippen MR) is 119 cm³/mol. The molecule has 0 atom stereocenters. The monoisotopic (exact) mass is 421 g/mol. The number of benzene rings is 2. The first kappa shape index (κ1) is 20.7. The van der Waals surface area contributed by atoms with Gasteiger partial charge in [0.15, 0.2) is 0 Å². The molecule has 1 fully saturated rings. The summed E-state index contributed by atoms with van der Waals surface area (Å²) in [6.45, 7) is 4.62. The summed E-state index contributed by atoms with van der Waals surface area (Å²) in [5.74, 6) is 0.537. The third-order valence-corrected chi connectivity index (χ3v) is 5.22. The van der Waals surface area contributed by atoms with Crippen LogP contribution in [-0.4, -0.2) is 47.5 Å². The van der Waals surface area contributed by atoms with E-state index < -0.39 is 0 Å². The van der Waals surface area contributed by atoms with Crippen LogP contribution in [0.3, 0.4) is 0 Å². The van der Waals surface area contributed by atoms with Crippen molar-refractivity contribution in [3.8, 4) is 5.75 Å². The number of methoxy groups -OCH3 is 1. The number of rotatable bonds is 7. The first-order valence-electron chi connectivity index (χ1n) is 10.1. The van der Waals surface area contributed by atoms with Crippen LogP contribution in [0.2, 0.25) is 0 Å². The smallest absolute Gasteiger partial charge is 0.248 e. The maximum atomic E-state index is 13.6. The van der Waals surface area contributed by atoms with Gasteiger partial charge in [0.2, 0.25) is 5.91 Å². The van der Waals surface area contributed by atoms with Crippen molar-refractivity contribution >= 4 is 34.0 Å². The van der Waals surface area contributed by atoms with E-state index in [2.05, 4.69) is 25.5 Å². The molecule has 7 nitrogen and oxygen atoms in total. The molecule has 1 aliphatic rings. The number of hydrogen-bond acceptors (Lipinski definition) is 6. The summed E-state index contributed by atoms with van der Waals surface area (Å²) in [7, 11) is 1.54. The van der Waals surface area contributed by atoms with Gasteiger partial charge < -0.3 is 15.4 Å². The molecule has 1 aliphatic heterocycles. The summed E-state index contributed by atoms with van der Waals surface area (Å²) < 4.78 is 19.0. The highest BCUT2D eigenvalue weighted by Gasteiger charge is 2.14. The Morgan fingerprint density at radius 3 is 2.81 bits per heavy atom. The zero-order valence-electron chi connectivity index (χ0n) is 17.5. The summed E-state index contributed by atoms with van der Waals surface area (Å²) >= 11 is 0. The standard InChI is InChI=1S/C23H24FN5O2/c1-15-11-16(6-7-18(15)24)27-23-17-12-20(21(31-2)13-19(17)25-14-26-23)28-22(30)5-3-8-29-9-4-10-29/h3,5-7,11-14H,4,8-10H2,1-2H3,(H,28,30)(H,25,26,27)/b5-3+. The Balaban J connectivity index is 1.60. The van der Waals surface area contributed by atoms with Crippen LogP contribution < -0.4 is 15.4 Å². The van der Waals surface area contributed by atoms with Crippen molar-refractivity contribution in [1.29, 1.82) is 0 Å². The number of carbonyl (C=O) groups is 1. The predicted octanol–water partition coefficient (Wildman–Crippen LogP) is 4.03. The topological polar surface area (TPSA) is 79.4 Å². The molecule has 0 aliphatic carbocycles. The molecule has 0 unspecified atom stereocenters. The average molecular weight is 421 g/mol. The zero-order chi connectivity index (χ0) is 21.8. The molecule has 1 aromatic heterocycles. The molecule has 2 aromatic carbocycles. The number of anilines is 3. The fraction of sp³-hybridized carbons (Fsp3) is 0.261. The summed E-state index contributed by atoms with van der Waals surface area (Å²) in [6, 6.07) is 8.28. The number of aryl methyl sites for hydroxylation is 1. The lowest BCUT2D eigenvalue weighted by Gasteiger charge is -2.29. The molecule has 31 heavy (non-hydrogen) atoms. The van der Waals surface area contributed by atoms with Crippen molar-refractivity contribution in [1.82, 2.24) is 14.9 Å². The SMILES string of the molecule is COc1cc2ncnc(Nc3ccc(F)c(C)c3)c2cc1NC(=O)/C=C/CN1CCC1. The summed E-state index contributed by atoms with van der Waals surface area (Å²) in [5, 5.41) is 6.77. The normalized spacial score (nSPS) is 13.9. The summed E-state index contributed by atoms with van der Waals surface area (Å²) in [5.41, 5.74) is 2.40. The Hall–Kier alpha value is -3.52. The van der Waals surface area contributed by atoms with Crippen molar-refractivity contribution in [2.24, 2.45) is 0 Å². The van der Waals surface area contributed by atoms with E-state index in [-0.39, 0.29) is 11.7 Å². The van der Waals surface area contributed by atoms with Crippen LogP contribution in [0.25, 0.3) is 10.9 Å². The quantitative estimate of drug-likeness (QED) is 0.561. The number of nitrogens with one attached hydrogen (secondary N) is 2. The largest absolute Gasteiger partial charge is 0.494 e. The van der Waals surface area contributed by atoms with Gasteiger partial charge in [-0.05, 0) is 56.3 Å². The van der Waals surface area contributed by atoms with E-state index in [1.54, 1.807) is 31.2 Å². The van der Waals surface area contributed by atoms with Gasteiger partial charge in [-0.2, -0.15) is 0 Å². The third-order valence-electron chi connectivity index (χ3n) is 5.22. The van der Waals surface area contributed by atoms with Crippen LogP contribution in [0.15, 0.2) is 48.8 Å². The van der Waals surface area contributed by atoms with E-state index in [1.807, 2.05) is 6.08 Å². The number of halogens is 1. The summed E-state index contributed by atoms with van der Waals surface area (Å²) in [4.78, 5) is 23.3. The molecular formula is C23H24FN5O2. The van der Waals surface area contributed by atoms with Gasteiger partial charge in [-0.15, -0.1) is 0 Å². The number of ether oxygens (including phenoxy) is 1. The molecule has 0 bridgehead atoms. The second kappa shape index (κ2) is 9.09. The lowest BCUT2D eigenvalue weighted by molar-refractivity contribution is -0.111. The average Bonchev–Trinajstić information content (AvgIpc) is 2.72. The number of aromatic nitrogens is 2. The molecule has 1 amide bonds. The van der Waals surface area contributed by atoms with E-state index in [0.29, 0.717) is 39.4 Å². The van der Waals surface area contributed by atoms with Crippen molar-refractivity contribution in [2.75, 3.05) is 37.4 Å². The van der Waals surface area contributed by atoms with Gasteiger partial charge in [-0.1, -0.05) is 6.08 Å². The molecule has 1 saturated heterocycles. The van der Waals surface area contributed by atoms with Gasteiger partial charge in [-0.25, -0.2) is 14.4 Å². The van der Waals surface area contributed by atoms with Crippen molar-refractivity contribution in [2.45, 2.75) is 13.3 Å². The van der Waals surface area contributed by atoms with E-state index >= 15 is 0 Å². The van der Waals surface area contributed by atoms with E-state index in [1.165, 1.54) is 32.0 Å². The molecule has 4 rings (SSSR count). The fourth-order valence-electron chi connectivity index (χ4n) is 3.36. The molecule has 2 heterocycles. The van der Waals surface area contributed by atoms with Crippen LogP contribution >= 0.6 is 0 Å². The van der Waals surface area contributed by atoms with Crippen LogP contribution in [0.1, 0.15) is 12.0 Å². The highest BCUT2D eigenvalue weighted by Crippen LogP contribution is 2.33. The maximum absolute atomic E-state index is 13.6.